The molecule has 17 heavy (non-hydrogen) atoms. The summed E-state index contributed by atoms with van der Waals surface area (Å²) in [6.45, 7) is 4.38. The molecule has 2 rings (SSSR count). The molecule has 3 heteroatoms. The Balaban J connectivity index is 1.65. The lowest BCUT2D eigenvalue weighted by Crippen LogP contribution is -2.27. The summed E-state index contributed by atoms with van der Waals surface area (Å²) in [7, 11) is 2.05. The summed E-state index contributed by atoms with van der Waals surface area (Å²) in [4.78, 5) is 4.32. The van der Waals surface area contributed by atoms with Gasteiger partial charge in [-0.1, -0.05) is 26.2 Å². The molecule has 0 amide bonds. The molecular weight excluding hydrogens is 210 g/mol. The lowest BCUT2D eigenvalue weighted by atomic mass is 9.81. The third-order valence-electron chi connectivity index (χ3n) is 4.18. The van der Waals surface area contributed by atoms with E-state index in [-0.39, 0.29) is 0 Å². The Bertz CT molecular complexity index is 324. The normalized spacial score (nSPS) is 25.1. The molecule has 0 aromatic carbocycles. The van der Waals surface area contributed by atoms with Crippen LogP contribution in [0.5, 0.6) is 0 Å². The maximum Gasteiger partial charge on any atom is 0.122 e. The van der Waals surface area contributed by atoms with Crippen molar-refractivity contribution in [2.24, 2.45) is 18.9 Å². The van der Waals surface area contributed by atoms with Gasteiger partial charge in [0.2, 0.25) is 0 Å². The summed E-state index contributed by atoms with van der Waals surface area (Å²) < 4.78 is 2.08. The second-order valence-corrected chi connectivity index (χ2v) is 5.38. The summed E-state index contributed by atoms with van der Waals surface area (Å²) in [5, 5.41) is 3.55. The second-order valence-electron chi connectivity index (χ2n) is 5.38. The van der Waals surface area contributed by atoms with E-state index in [1.54, 1.807) is 0 Å². The summed E-state index contributed by atoms with van der Waals surface area (Å²) in [6.07, 6.45) is 10.9. The summed E-state index contributed by atoms with van der Waals surface area (Å²) in [5.41, 5.74) is 0. The molecule has 1 aromatic rings. The number of nitrogens with zero attached hydrogens (tertiary/aromatic N) is 2. The number of imidazole rings is 1. The molecule has 0 radical (unpaired) electrons. The van der Waals surface area contributed by atoms with E-state index in [2.05, 4.69) is 28.8 Å². The first-order valence-electron chi connectivity index (χ1n) is 6.96. The van der Waals surface area contributed by atoms with Crippen molar-refractivity contribution < 1.29 is 0 Å². The quantitative estimate of drug-likeness (QED) is 0.850. The van der Waals surface area contributed by atoms with Gasteiger partial charge in [0.15, 0.2) is 0 Å². The Kier molecular flexibility index (Phi) is 4.60. The number of aromatic nitrogens is 2. The van der Waals surface area contributed by atoms with Crippen molar-refractivity contribution in [2.45, 2.75) is 45.6 Å². The Labute approximate surface area is 105 Å². The molecule has 1 aliphatic carbocycles. The van der Waals surface area contributed by atoms with Crippen molar-refractivity contribution in [3.8, 4) is 0 Å². The zero-order valence-corrected chi connectivity index (χ0v) is 11.2. The standard InChI is InChI=1S/C14H25N3/c1-3-12-4-6-13(7-5-12)10-15-11-14-16-8-9-17(14)2/h8-9,12-13,15H,3-7,10-11H2,1-2H3. The van der Waals surface area contributed by atoms with E-state index in [0.29, 0.717) is 0 Å². The third-order valence-corrected chi connectivity index (χ3v) is 4.18. The van der Waals surface area contributed by atoms with Crippen molar-refractivity contribution >= 4 is 0 Å². The highest BCUT2D eigenvalue weighted by Crippen LogP contribution is 2.30. The topological polar surface area (TPSA) is 29.9 Å². The number of aryl methyl sites for hydroxylation is 1. The highest BCUT2D eigenvalue weighted by Gasteiger charge is 2.19. The van der Waals surface area contributed by atoms with E-state index in [9.17, 15) is 0 Å². The molecule has 96 valence electrons. The molecule has 0 unspecified atom stereocenters. The van der Waals surface area contributed by atoms with Gasteiger partial charge in [0.05, 0.1) is 6.54 Å². The smallest absolute Gasteiger partial charge is 0.122 e. The molecule has 1 saturated carbocycles. The zero-order chi connectivity index (χ0) is 12.1. The average Bonchev–Trinajstić information content (AvgIpc) is 2.76. The van der Waals surface area contributed by atoms with Gasteiger partial charge in [0.25, 0.3) is 0 Å². The van der Waals surface area contributed by atoms with Crippen LogP contribution in [0.3, 0.4) is 0 Å². The van der Waals surface area contributed by atoms with Gasteiger partial charge >= 0.3 is 0 Å². The van der Waals surface area contributed by atoms with E-state index in [1.165, 1.54) is 32.1 Å². The van der Waals surface area contributed by atoms with Crippen molar-refractivity contribution in [3.05, 3.63) is 18.2 Å². The SMILES string of the molecule is CCC1CCC(CNCc2nccn2C)CC1. The van der Waals surface area contributed by atoms with Crippen LogP contribution < -0.4 is 5.32 Å². The molecule has 1 N–H and O–H groups in total. The fourth-order valence-corrected chi connectivity index (χ4v) is 2.80. The fourth-order valence-electron chi connectivity index (χ4n) is 2.80. The van der Waals surface area contributed by atoms with Crippen LogP contribution in [0.1, 0.15) is 44.9 Å². The first-order valence-corrected chi connectivity index (χ1v) is 6.96. The van der Waals surface area contributed by atoms with Gasteiger partial charge in [-0.2, -0.15) is 0 Å². The number of hydrogen-bond acceptors (Lipinski definition) is 2. The van der Waals surface area contributed by atoms with E-state index in [0.717, 1.165) is 30.7 Å². The predicted molar refractivity (Wildman–Crippen MR) is 70.7 cm³/mol. The monoisotopic (exact) mass is 235 g/mol. The average molecular weight is 235 g/mol. The molecule has 1 aromatic heterocycles. The maximum absolute atomic E-state index is 4.32. The minimum atomic E-state index is 0.887. The first-order chi connectivity index (χ1) is 8.29. The number of nitrogens with one attached hydrogen (secondary N) is 1. The van der Waals surface area contributed by atoms with Gasteiger partial charge < -0.3 is 9.88 Å². The lowest BCUT2D eigenvalue weighted by Gasteiger charge is -2.27. The van der Waals surface area contributed by atoms with Gasteiger partial charge in [0, 0.05) is 19.4 Å². The van der Waals surface area contributed by atoms with Crippen molar-refractivity contribution in [1.29, 1.82) is 0 Å². The van der Waals surface area contributed by atoms with E-state index >= 15 is 0 Å². The van der Waals surface area contributed by atoms with Crippen LogP contribution in [0.25, 0.3) is 0 Å². The number of hydrogen-bond donors (Lipinski definition) is 1. The Morgan fingerprint density at radius 3 is 2.59 bits per heavy atom. The van der Waals surface area contributed by atoms with Crippen LogP contribution >= 0.6 is 0 Å². The molecule has 0 spiro atoms. The summed E-state index contributed by atoms with van der Waals surface area (Å²) in [6, 6.07) is 0. The van der Waals surface area contributed by atoms with Gasteiger partial charge in [-0.25, -0.2) is 4.98 Å². The summed E-state index contributed by atoms with van der Waals surface area (Å²) in [5.74, 6) is 3.02. The molecule has 0 bridgehead atoms. The van der Waals surface area contributed by atoms with Crippen LogP contribution in [0, 0.1) is 11.8 Å². The van der Waals surface area contributed by atoms with Crippen molar-refractivity contribution in [1.82, 2.24) is 14.9 Å². The highest BCUT2D eigenvalue weighted by atomic mass is 15.1. The predicted octanol–water partition coefficient (Wildman–Crippen LogP) is 2.73. The largest absolute Gasteiger partial charge is 0.337 e. The van der Waals surface area contributed by atoms with E-state index in [4.69, 9.17) is 0 Å². The van der Waals surface area contributed by atoms with Crippen LogP contribution in [0.2, 0.25) is 0 Å². The Morgan fingerprint density at radius 2 is 2.00 bits per heavy atom. The second kappa shape index (κ2) is 6.20. The van der Waals surface area contributed by atoms with Gasteiger partial charge in [-0.15, -0.1) is 0 Å². The van der Waals surface area contributed by atoms with Crippen LogP contribution in [-0.4, -0.2) is 16.1 Å². The molecular formula is C14H25N3. The zero-order valence-electron chi connectivity index (χ0n) is 11.2. The molecule has 0 aliphatic heterocycles. The maximum atomic E-state index is 4.32. The fraction of sp³-hybridized carbons (Fsp3) is 0.786. The molecule has 1 aliphatic rings. The summed E-state index contributed by atoms with van der Waals surface area (Å²) >= 11 is 0. The van der Waals surface area contributed by atoms with E-state index < -0.39 is 0 Å². The van der Waals surface area contributed by atoms with Gasteiger partial charge in [-0.3, -0.25) is 0 Å². The molecule has 1 fully saturated rings. The third kappa shape index (κ3) is 3.56. The van der Waals surface area contributed by atoms with Crippen LogP contribution in [-0.2, 0) is 13.6 Å². The minimum absolute atomic E-state index is 0.887. The van der Waals surface area contributed by atoms with Crippen molar-refractivity contribution in [3.63, 3.8) is 0 Å². The van der Waals surface area contributed by atoms with Gasteiger partial charge in [0.1, 0.15) is 5.82 Å². The molecule has 3 nitrogen and oxygen atoms in total. The number of rotatable bonds is 5. The first kappa shape index (κ1) is 12.6. The van der Waals surface area contributed by atoms with Crippen LogP contribution in [0.15, 0.2) is 12.4 Å². The minimum Gasteiger partial charge on any atom is -0.337 e. The van der Waals surface area contributed by atoms with E-state index in [1.807, 2.05) is 12.4 Å². The van der Waals surface area contributed by atoms with Crippen LogP contribution in [0.4, 0.5) is 0 Å². The lowest BCUT2D eigenvalue weighted by molar-refractivity contribution is 0.262. The van der Waals surface area contributed by atoms with Gasteiger partial charge in [-0.05, 0) is 31.2 Å². The van der Waals surface area contributed by atoms with Crippen molar-refractivity contribution in [2.75, 3.05) is 6.54 Å². The molecule has 1 heterocycles. The molecule has 0 atom stereocenters. The Morgan fingerprint density at radius 1 is 1.29 bits per heavy atom. The highest BCUT2D eigenvalue weighted by molar-refractivity contribution is 4.90. The Hall–Kier alpha value is -0.830. The molecule has 0 saturated heterocycles.